The predicted molar refractivity (Wildman–Crippen MR) is 60.4 cm³/mol. The molecule has 0 aromatic rings. The Balaban J connectivity index is 1.78. The fourth-order valence-electron chi connectivity index (χ4n) is 2.41. The van der Waals surface area contributed by atoms with Gasteiger partial charge in [0.1, 0.15) is 0 Å². The Morgan fingerprint density at radius 3 is 2.41 bits per heavy atom. The van der Waals surface area contributed by atoms with Crippen molar-refractivity contribution >= 4 is 11.9 Å². The minimum absolute atomic E-state index is 0.0878. The number of carbonyl (C=O) groups is 2. The van der Waals surface area contributed by atoms with E-state index in [1.165, 1.54) is 0 Å². The second kappa shape index (κ2) is 5.04. The zero-order chi connectivity index (χ0) is 12.4. The van der Waals surface area contributed by atoms with E-state index >= 15 is 0 Å². The summed E-state index contributed by atoms with van der Waals surface area (Å²) in [7, 11) is 0. The first-order chi connectivity index (χ1) is 8.09. The third kappa shape index (κ3) is 2.60. The molecule has 96 valence electrons. The minimum Gasteiger partial charge on any atom is -0.481 e. The van der Waals surface area contributed by atoms with Crippen molar-refractivity contribution in [2.45, 2.75) is 19.8 Å². The van der Waals surface area contributed by atoms with Gasteiger partial charge in [0.2, 0.25) is 5.91 Å². The molecular weight excluding hydrogens is 222 g/mol. The first-order valence-corrected chi connectivity index (χ1v) is 6.19. The van der Waals surface area contributed by atoms with Crippen LogP contribution in [-0.4, -0.2) is 48.2 Å². The van der Waals surface area contributed by atoms with Gasteiger partial charge < -0.3 is 14.7 Å². The van der Waals surface area contributed by atoms with E-state index in [4.69, 9.17) is 9.84 Å². The van der Waals surface area contributed by atoms with Gasteiger partial charge in [-0.2, -0.15) is 0 Å². The van der Waals surface area contributed by atoms with Crippen molar-refractivity contribution in [2.75, 3.05) is 26.3 Å². The van der Waals surface area contributed by atoms with Crippen molar-refractivity contribution in [1.29, 1.82) is 0 Å². The van der Waals surface area contributed by atoms with Gasteiger partial charge in [-0.15, -0.1) is 0 Å². The summed E-state index contributed by atoms with van der Waals surface area (Å²) in [5.41, 5.74) is 0. The number of carboxylic acids is 1. The molecular formula is C12H19NO4. The van der Waals surface area contributed by atoms with E-state index in [0.29, 0.717) is 26.3 Å². The van der Waals surface area contributed by atoms with Gasteiger partial charge in [-0.05, 0) is 12.8 Å². The van der Waals surface area contributed by atoms with E-state index in [9.17, 15) is 9.59 Å². The summed E-state index contributed by atoms with van der Waals surface area (Å²) >= 11 is 0. The van der Waals surface area contributed by atoms with E-state index in [-0.39, 0.29) is 23.7 Å². The van der Waals surface area contributed by atoms with Crippen LogP contribution in [0.1, 0.15) is 19.8 Å². The molecule has 1 amide bonds. The second-order valence-electron chi connectivity index (χ2n) is 5.02. The molecule has 1 atom stereocenters. The Morgan fingerprint density at radius 1 is 1.29 bits per heavy atom. The molecule has 0 aromatic carbocycles. The number of aliphatic carboxylic acids is 1. The normalized spacial score (nSPS) is 24.2. The smallest absolute Gasteiger partial charge is 0.306 e. The monoisotopic (exact) mass is 241 g/mol. The molecule has 2 saturated heterocycles. The minimum atomic E-state index is -0.770. The van der Waals surface area contributed by atoms with Gasteiger partial charge >= 0.3 is 5.97 Å². The maximum atomic E-state index is 12.0. The zero-order valence-corrected chi connectivity index (χ0v) is 10.1. The molecule has 2 aliphatic heterocycles. The number of ether oxygens (including phenoxy) is 1. The molecule has 2 fully saturated rings. The molecule has 0 saturated carbocycles. The number of likely N-dealkylation sites (tertiary alicyclic amines) is 1. The Labute approximate surface area is 101 Å². The van der Waals surface area contributed by atoms with Crippen molar-refractivity contribution in [2.24, 2.45) is 17.8 Å². The highest BCUT2D eigenvalue weighted by Gasteiger charge is 2.39. The van der Waals surface area contributed by atoms with Gasteiger partial charge in [0, 0.05) is 38.1 Å². The van der Waals surface area contributed by atoms with Crippen molar-refractivity contribution in [1.82, 2.24) is 4.90 Å². The largest absolute Gasteiger partial charge is 0.481 e. The Hall–Kier alpha value is -1.10. The van der Waals surface area contributed by atoms with Crippen molar-refractivity contribution < 1.29 is 19.4 Å². The van der Waals surface area contributed by atoms with Crippen LogP contribution in [-0.2, 0) is 14.3 Å². The Kier molecular flexibility index (Phi) is 3.66. The lowest BCUT2D eigenvalue weighted by atomic mass is 9.85. The number of carboxylic acid groups (broad SMARTS) is 1. The SMILES string of the molecule is CC(C(=O)O)C1CN(C(=O)C2CCOCC2)C1. The highest BCUT2D eigenvalue weighted by molar-refractivity contribution is 5.80. The second-order valence-corrected chi connectivity index (χ2v) is 5.02. The number of hydrogen-bond donors (Lipinski definition) is 1. The molecule has 0 aliphatic carbocycles. The van der Waals surface area contributed by atoms with Crippen molar-refractivity contribution in [3.8, 4) is 0 Å². The molecule has 17 heavy (non-hydrogen) atoms. The van der Waals surface area contributed by atoms with Crippen LogP contribution in [0.5, 0.6) is 0 Å². The molecule has 2 rings (SSSR count). The molecule has 0 bridgehead atoms. The average molecular weight is 241 g/mol. The van der Waals surface area contributed by atoms with Crippen LogP contribution in [0.15, 0.2) is 0 Å². The number of carbonyl (C=O) groups excluding carboxylic acids is 1. The first-order valence-electron chi connectivity index (χ1n) is 6.19. The fraction of sp³-hybridized carbons (Fsp3) is 0.833. The number of amides is 1. The average Bonchev–Trinajstić information content (AvgIpc) is 2.27. The van der Waals surface area contributed by atoms with Crippen molar-refractivity contribution in [3.05, 3.63) is 0 Å². The lowest BCUT2D eigenvalue weighted by molar-refractivity contribution is -0.153. The molecule has 1 unspecified atom stereocenters. The number of rotatable bonds is 3. The highest BCUT2D eigenvalue weighted by atomic mass is 16.5. The van der Waals surface area contributed by atoms with Gasteiger partial charge in [0.15, 0.2) is 0 Å². The summed E-state index contributed by atoms with van der Waals surface area (Å²) in [5.74, 6) is -0.731. The lowest BCUT2D eigenvalue weighted by Crippen LogP contribution is -2.55. The van der Waals surface area contributed by atoms with E-state index in [1.54, 1.807) is 11.8 Å². The zero-order valence-electron chi connectivity index (χ0n) is 10.1. The Bertz CT molecular complexity index is 306. The highest BCUT2D eigenvalue weighted by Crippen LogP contribution is 2.27. The summed E-state index contributed by atoms with van der Waals surface area (Å²) in [5, 5.41) is 8.87. The number of hydrogen-bond acceptors (Lipinski definition) is 3. The molecule has 5 nitrogen and oxygen atoms in total. The summed E-state index contributed by atoms with van der Waals surface area (Å²) in [6, 6.07) is 0. The van der Waals surface area contributed by atoms with Gasteiger partial charge in [-0.3, -0.25) is 9.59 Å². The van der Waals surface area contributed by atoms with E-state index in [0.717, 1.165) is 12.8 Å². The fourth-order valence-corrected chi connectivity index (χ4v) is 2.41. The summed E-state index contributed by atoms with van der Waals surface area (Å²) in [4.78, 5) is 24.6. The molecule has 1 N–H and O–H groups in total. The van der Waals surface area contributed by atoms with E-state index in [2.05, 4.69) is 0 Å². The molecule has 0 radical (unpaired) electrons. The molecule has 5 heteroatoms. The van der Waals surface area contributed by atoms with Crippen LogP contribution >= 0.6 is 0 Å². The molecule has 0 aromatic heterocycles. The first kappa shape index (κ1) is 12.4. The van der Waals surface area contributed by atoms with Gasteiger partial charge in [0.25, 0.3) is 0 Å². The molecule has 2 heterocycles. The van der Waals surface area contributed by atoms with E-state index < -0.39 is 5.97 Å². The summed E-state index contributed by atoms with van der Waals surface area (Å²) in [6.07, 6.45) is 1.60. The van der Waals surface area contributed by atoms with Gasteiger partial charge in [-0.25, -0.2) is 0 Å². The standard InChI is InChI=1S/C12H19NO4/c1-8(12(15)16)10-6-13(7-10)11(14)9-2-4-17-5-3-9/h8-10H,2-7H2,1H3,(H,15,16). The summed E-state index contributed by atoms with van der Waals surface area (Å²) < 4.78 is 5.22. The molecule has 2 aliphatic rings. The Morgan fingerprint density at radius 2 is 1.88 bits per heavy atom. The van der Waals surface area contributed by atoms with Crippen LogP contribution < -0.4 is 0 Å². The van der Waals surface area contributed by atoms with Gasteiger partial charge in [0.05, 0.1) is 5.92 Å². The van der Waals surface area contributed by atoms with Crippen LogP contribution in [0.4, 0.5) is 0 Å². The molecule has 0 spiro atoms. The maximum Gasteiger partial charge on any atom is 0.306 e. The lowest BCUT2D eigenvalue weighted by Gasteiger charge is -2.43. The quantitative estimate of drug-likeness (QED) is 0.785. The van der Waals surface area contributed by atoms with Crippen LogP contribution in [0.25, 0.3) is 0 Å². The van der Waals surface area contributed by atoms with Crippen LogP contribution in [0.3, 0.4) is 0 Å². The van der Waals surface area contributed by atoms with Crippen LogP contribution in [0.2, 0.25) is 0 Å². The van der Waals surface area contributed by atoms with Crippen LogP contribution in [0, 0.1) is 17.8 Å². The maximum absolute atomic E-state index is 12.0. The third-order valence-corrected chi connectivity index (χ3v) is 3.89. The third-order valence-electron chi connectivity index (χ3n) is 3.89. The topological polar surface area (TPSA) is 66.8 Å². The van der Waals surface area contributed by atoms with E-state index in [1.807, 2.05) is 0 Å². The number of nitrogens with zero attached hydrogens (tertiary/aromatic N) is 1. The van der Waals surface area contributed by atoms with Gasteiger partial charge in [-0.1, -0.05) is 6.92 Å². The van der Waals surface area contributed by atoms with Crippen molar-refractivity contribution in [3.63, 3.8) is 0 Å². The predicted octanol–water partition coefficient (Wildman–Crippen LogP) is 0.592. The summed E-state index contributed by atoms with van der Waals surface area (Å²) in [6.45, 7) is 4.25.